The maximum atomic E-state index is 13.5. The molecule has 0 fully saturated rings. The van der Waals surface area contributed by atoms with E-state index in [1.54, 1.807) is 26.1 Å². The molecule has 0 aliphatic carbocycles. The lowest BCUT2D eigenvalue weighted by molar-refractivity contribution is 0.0988. The smallest absolute Gasteiger partial charge is 0.258 e. The second kappa shape index (κ2) is 6.10. The van der Waals surface area contributed by atoms with Crippen molar-refractivity contribution in [2.75, 3.05) is 11.4 Å². The summed E-state index contributed by atoms with van der Waals surface area (Å²) < 4.78 is 14.9. The first-order valence-corrected chi connectivity index (χ1v) is 6.75. The van der Waals surface area contributed by atoms with Gasteiger partial charge in [-0.3, -0.25) is 9.59 Å². The number of carbonyl (C=O) groups excluding carboxylic acids is 1. The highest BCUT2D eigenvalue weighted by atomic mass is 35.5. The number of rotatable bonds is 3. The van der Waals surface area contributed by atoms with Gasteiger partial charge in [-0.1, -0.05) is 11.6 Å². The van der Waals surface area contributed by atoms with Crippen LogP contribution in [0.25, 0.3) is 0 Å². The fraction of sp³-hybridized carbons (Fsp3) is 0.200. The molecule has 1 heterocycles. The summed E-state index contributed by atoms with van der Waals surface area (Å²) in [5, 5.41) is -0.00386. The molecule has 0 aliphatic rings. The largest absolute Gasteiger partial charge is 0.319 e. The van der Waals surface area contributed by atoms with Crippen LogP contribution in [0.5, 0.6) is 0 Å². The van der Waals surface area contributed by atoms with Gasteiger partial charge in [0.2, 0.25) is 0 Å². The lowest BCUT2D eigenvalue weighted by Crippen LogP contribution is -2.32. The van der Waals surface area contributed by atoms with E-state index in [1.165, 1.54) is 33.9 Å². The quantitative estimate of drug-likeness (QED) is 0.875. The van der Waals surface area contributed by atoms with Crippen LogP contribution in [0.1, 0.15) is 17.3 Å². The molecule has 0 atom stereocenters. The van der Waals surface area contributed by atoms with Crippen molar-refractivity contribution in [3.8, 4) is 0 Å². The molecule has 0 N–H and O–H groups in total. The highest BCUT2D eigenvalue weighted by molar-refractivity contribution is 6.30. The summed E-state index contributed by atoms with van der Waals surface area (Å²) in [5.41, 5.74) is 0.375. The lowest BCUT2D eigenvalue weighted by Gasteiger charge is -2.21. The summed E-state index contributed by atoms with van der Waals surface area (Å²) in [5.74, 6) is -0.957. The summed E-state index contributed by atoms with van der Waals surface area (Å²) >= 11 is 5.64. The Balaban J connectivity index is 2.40. The Bertz CT molecular complexity index is 743. The molecular formula is C15H14ClFN2O2. The molecule has 0 spiro atoms. The van der Waals surface area contributed by atoms with Gasteiger partial charge in [-0.25, -0.2) is 4.39 Å². The number of amides is 1. The van der Waals surface area contributed by atoms with Crippen molar-refractivity contribution >= 4 is 23.2 Å². The van der Waals surface area contributed by atoms with Gasteiger partial charge in [-0.2, -0.15) is 0 Å². The number of halogens is 2. The molecule has 2 aromatic rings. The van der Waals surface area contributed by atoms with Gasteiger partial charge in [0.1, 0.15) is 5.82 Å². The highest BCUT2D eigenvalue weighted by Gasteiger charge is 2.17. The molecule has 110 valence electrons. The number of hydrogen-bond acceptors (Lipinski definition) is 2. The predicted octanol–water partition coefficient (Wildman–Crippen LogP) is 2.84. The summed E-state index contributed by atoms with van der Waals surface area (Å²) in [6, 6.07) is 6.97. The van der Waals surface area contributed by atoms with Crippen LogP contribution >= 0.6 is 11.6 Å². The van der Waals surface area contributed by atoms with Crippen molar-refractivity contribution in [3.63, 3.8) is 0 Å². The van der Waals surface area contributed by atoms with Crippen LogP contribution in [-0.4, -0.2) is 17.0 Å². The maximum absolute atomic E-state index is 13.5. The Labute approximate surface area is 126 Å². The van der Waals surface area contributed by atoms with Gasteiger partial charge in [0.05, 0.1) is 5.02 Å². The van der Waals surface area contributed by atoms with Gasteiger partial charge >= 0.3 is 0 Å². The summed E-state index contributed by atoms with van der Waals surface area (Å²) in [6.07, 6.45) is 1.52. The van der Waals surface area contributed by atoms with E-state index >= 15 is 0 Å². The molecule has 1 amide bonds. The Morgan fingerprint density at radius 1 is 1.33 bits per heavy atom. The molecular weight excluding hydrogens is 295 g/mol. The van der Waals surface area contributed by atoms with E-state index in [9.17, 15) is 14.0 Å². The van der Waals surface area contributed by atoms with Gasteiger partial charge in [0, 0.05) is 37.1 Å². The van der Waals surface area contributed by atoms with Crippen LogP contribution in [0.2, 0.25) is 5.02 Å². The van der Waals surface area contributed by atoms with Crippen LogP contribution in [0, 0.1) is 5.82 Å². The molecule has 0 saturated carbocycles. The van der Waals surface area contributed by atoms with Gasteiger partial charge in [0.25, 0.3) is 11.5 Å². The van der Waals surface area contributed by atoms with Crippen LogP contribution in [-0.2, 0) is 7.05 Å². The van der Waals surface area contributed by atoms with Crippen LogP contribution in [0.3, 0.4) is 0 Å². The molecule has 6 heteroatoms. The van der Waals surface area contributed by atoms with E-state index in [0.29, 0.717) is 12.2 Å². The first-order chi connectivity index (χ1) is 9.93. The summed E-state index contributed by atoms with van der Waals surface area (Å²) in [7, 11) is 1.60. The minimum absolute atomic E-state index is 0.00386. The first kappa shape index (κ1) is 15.3. The van der Waals surface area contributed by atoms with E-state index < -0.39 is 5.82 Å². The second-order valence-corrected chi connectivity index (χ2v) is 4.92. The zero-order valence-corrected chi connectivity index (χ0v) is 12.4. The second-order valence-electron chi connectivity index (χ2n) is 4.51. The third kappa shape index (κ3) is 3.13. The Morgan fingerprint density at radius 3 is 2.62 bits per heavy atom. The number of anilines is 1. The number of carbonyl (C=O) groups is 1. The summed E-state index contributed by atoms with van der Waals surface area (Å²) in [6.45, 7) is 2.11. The van der Waals surface area contributed by atoms with E-state index in [1.807, 2.05) is 0 Å². The Morgan fingerprint density at radius 2 is 2.05 bits per heavy atom. The molecule has 0 unspecified atom stereocenters. The highest BCUT2D eigenvalue weighted by Crippen LogP contribution is 2.23. The number of hydrogen-bond donors (Lipinski definition) is 0. The molecule has 21 heavy (non-hydrogen) atoms. The standard InChI is InChI=1S/C15H14ClFN2O2/c1-3-19(11-4-5-12(16)13(17)9-11)15(21)10-6-7-18(2)14(20)8-10/h4-9H,3H2,1-2H3. The van der Waals surface area contributed by atoms with Crippen molar-refractivity contribution < 1.29 is 9.18 Å². The third-order valence-electron chi connectivity index (χ3n) is 3.13. The Kier molecular flexibility index (Phi) is 4.43. The number of aryl methyl sites for hydroxylation is 1. The van der Waals surface area contributed by atoms with E-state index in [0.717, 1.165) is 0 Å². The summed E-state index contributed by atoms with van der Waals surface area (Å²) in [4.78, 5) is 25.4. The first-order valence-electron chi connectivity index (χ1n) is 6.37. The molecule has 0 aliphatic heterocycles. The average Bonchev–Trinajstić information content (AvgIpc) is 2.46. The Hall–Kier alpha value is -2.14. The predicted molar refractivity (Wildman–Crippen MR) is 80.4 cm³/mol. The third-order valence-corrected chi connectivity index (χ3v) is 3.43. The zero-order valence-electron chi connectivity index (χ0n) is 11.6. The minimum Gasteiger partial charge on any atom is -0.319 e. The SMILES string of the molecule is CCN(C(=O)c1ccn(C)c(=O)c1)c1ccc(Cl)c(F)c1. The monoisotopic (exact) mass is 308 g/mol. The topological polar surface area (TPSA) is 42.3 Å². The van der Waals surface area contributed by atoms with Crippen LogP contribution in [0.4, 0.5) is 10.1 Å². The number of benzene rings is 1. The number of aromatic nitrogens is 1. The van der Waals surface area contributed by atoms with Crippen molar-refractivity contribution in [1.29, 1.82) is 0 Å². The van der Waals surface area contributed by atoms with Crippen molar-refractivity contribution in [1.82, 2.24) is 4.57 Å². The number of pyridine rings is 1. The van der Waals surface area contributed by atoms with Crippen molar-refractivity contribution in [3.05, 3.63) is 63.3 Å². The molecule has 0 saturated heterocycles. The molecule has 1 aromatic carbocycles. The molecule has 0 radical (unpaired) electrons. The molecule has 0 bridgehead atoms. The van der Waals surface area contributed by atoms with E-state index in [2.05, 4.69) is 0 Å². The van der Waals surface area contributed by atoms with Crippen LogP contribution in [0.15, 0.2) is 41.3 Å². The van der Waals surface area contributed by atoms with E-state index in [-0.39, 0.29) is 22.1 Å². The van der Waals surface area contributed by atoms with Gasteiger partial charge < -0.3 is 9.47 Å². The lowest BCUT2D eigenvalue weighted by atomic mass is 10.2. The number of nitrogens with zero attached hydrogens (tertiary/aromatic N) is 2. The van der Waals surface area contributed by atoms with Crippen LogP contribution < -0.4 is 10.5 Å². The molecule has 2 rings (SSSR count). The van der Waals surface area contributed by atoms with Gasteiger partial charge in [-0.15, -0.1) is 0 Å². The average molecular weight is 309 g/mol. The zero-order chi connectivity index (χ0) is 15.6. The van der Waals surface area contributed by atoms with E-state index in [4.69, 9.17) is 11.6 Å². The maximum Gasteiger partial charge on any atom is 0.258 e. The fourth-order valence-corrected chi connectivity index (χ4v) is 2.05. The minimum atomic E-state index is -0.593. The fourth-order valence-electron chi connectivity index (χ4n) is 1.93. The normalized spacial score (nSPS) is 10.5. The molecule has 1 aromatic heterocycles. The van der Waals surface area contributed by atoms with Crippen molar-refractivity contribution in [2.45, 2.75) is 6.92 Å². The van der Waals surface area contributed by atoms with Gasteiger partial charge in [0.15, 0.2) is 0 Å². The van der Waals surface area contributed by atoms with Crippen molar-refractivity contribution in [2.24, 2.45) is 7.05 Å². The molecule has 4 nitrogen and oxygen atoms in total. The van der Waals surface area contributed by atoms with Gasteiger partial charge in [-0.05, 0) is 31.2 Å².